The fourth-order valence-corrected chi connectivity index (χ4v) is 4.77. The molecule has 0 radical (unpaired) electrons. The van der Waals surface area contributed by atoms with Gasteiger partial charge in [-0.05, 0) is 84.7 Å². The normalized spacial score (nSPS) is 12.1. The number of anilines is 3. The molecule has 1 atom stereocenters. The Morgan fingerprint density at radius 2 is 1.38 bits per heavy atom. The lowest BCUT2D eigenvalue weighted by atomic mass is 9.99. The first-order chi connectivity index (χ1) is 15.2. The van der Waals surface area contributed by atoms with Crippen LogP contribution in [0.1, 0.15) is 31.7 Å². The van der Waals surface area contributed by atoms with Crippen LogP contribution in [0.3, 0.4) is 0 Å². The van der Waals surface area contributed by atoms with E-state index in [4.69, 9.17) is 35.4 Å². The molecule has 0 saturated carbocycles. The Hall–Kier alpha value is -2.32. The van der Waals surface area contributed by atoms with Crippen molar-refractivity contribution in [2.24, 2.45) is 0 Å². The first-order valence-electron chi connectivity index (χ1n) is 9.93. The van der Waals surface area contributed by atoms with Gasteiger partial charge in [0.1, 0.15) is 0 Å². The van der Waals surface area contributed by atoms with Crippen LogP contribution in [0, 0.1) is 0 Å². The molecule has 3 aromatic rings. The van der Waals surface area contributed by atoms with Crippen LogP contribution in [0.5, 0.6) is 0 Å². The molecule has 3 N–H and O–H groups in total. The van der Waals surface area contributed by atoms with Gasteiger partial charge < -0.3 is 10.6 Å². The molecule has 0 saturated heterocycles. The summed E-state index contributed by atoms with van der Waals surface area (Å²) in [4.78, 5) is 0.0960. The van der Waals surface area contributed by atoms with Crippen molar-refractivity contribution >= 4 is 67.6 Å². The lowest BCUT2D eigenvalue weighted by Gasteiger charge is -2.13. The summed E-state index contributed by atoms with van der Waals surface area (Å²) in [6, 6.07) is 18.9. The zero-order valence-electron chi connectivity index (χ0n) is 17.5. The highest BCUT2D eigenvalue weighted by atomic mass is 35.5. The molecule has 1 unspecified atom stereocenters. The predicted molar refractivity (Wildman–Crippen MR) is 139 cm³/mol. The van der Waals surface area contributed by atoms with Crippen LogP contribution in [-0.2, 0) is 10.0 Å². The summed E-state index contributed by atoms with van der Waals surface area (Å²) in [6.07, 6.45) is 1.08. The third-order valence-corrected chi connectivity index (χ3v) is 6.92. The summed E-state index contributed by atoms with van der Waals surface area (Å²) in [7, 11) is -3.80. The molecule has 0 bridgehead atoms. The maximum atomic E-state index is 12.6. The average molecular weight is 508 g/mol. The van der Waals surface area contributed by atoms with Gasteiger partial charge in [-0.25, -0.2) is 8.42 Å². The molecule has 0 spiro atoms. The summed E-state index contributed by atoms with van der Waals surface area (Å²) >= 11 is 17.2. The molecular formula is C23H23Cl2N3O2S2. The summed E-state index contributed by atoms with van der Waals surface area (Å²) in [5.74, 6) is 0.509. The molecule has 0 amide bonds. The van der Waals surface area contributed by atoms with E-state index >= 15 is 0 Å². The number of hydrogen-bond donors (Lipinski definition) is 3. The SMILES string of the molecule is CCC(C)c1ccc(NC(=S)Nc2ccc(S(=O)(=O)Nc3cc(Cl)cc(Cl)c3)cc2)cc1. The van der Waals surface area contributed by atoms with Gasteiger partial charge in [0, 0.05) is 21.4 Å². The van der Waals surface area contributed by atoms with Gasteiger partial charge in [-0.2, -0.15) is 0 Å². The lowest BCUT2D eigenvalue weighted by molar-refractivity contribution is 0.601. The van der Waals surface area contributed by atoms with E-state index in [2.05, 4.69) is 41.3 Å². The first kappa shape index (κ1) is 24.3. The third kappa shape index (κ3) is 6.59. The summed E-state index contributed by atoms with van der Waals surface area (Å²) in [6.45, 7) is 4.35. The summed E-state index contributed by atoms with van der Waals surface area (Å²) in [5, 5.41) is 7.26. The maximum Gasteiger partial charge on any atom is 0.261 e. The van der Waals surface area contributed by atoms with Crippen LogP contribution in [0.4, 0.5) is 17.1 Å². The van der Waals surface area contributed by atoms with E-state index in [-0.39, 0.29) is 10.6 Å². The number of sulfonamides is 1. The molecule has 0 aliphatic carbocycles. The largest absolute Gasteiger partial charge is 0.332 e. The number of benzene rings is 3. The van der Waals surface area contributed by atoms with Crippen molar-refractivity contribution < 1.29 is 8.42 Å². The maximum absolute atomic E-state index is 12.6. The highest BCUT2D eigenvalue weighted by Crippen LogP contribution is 2.25. The van der Waals surface area contributed by atoms with Gasteiger partial charge in [0.15, 0.2) is 5.11 Å². The molecule has 3 rings (SSSR count). The van der Waals surface area contributed by atoms with E-state index in [1.807, 2.05) is 12.1 Å². The van der Waals surface area contributed by atoms with Crippen molar-refractivity contribution in [1.82, 2.24) is 0 Å². The Bertz CT molecular complexity index is 1180. The monoisotopic (exact) mass is 507 g/mol. The molecule has 0 aromatic heterocycles. The van der Waals surface area contributed by atoms with E-state index in [9.17, 15) is 8.42 Å². The Balaban J connectivity index is 1.62. The molecule has 9 heteroatoms. The second-order valence-corrected chi connectivity index (χ2v) is 10.3. The second kappa shape index (κ2) is 10.5. The van der Waals surface area contributed by atoms with E-state index in [1.165, 1.54) is 35.9 Å². The van der Waals surface area contributed by atoms with Gasteiger partial charge in [0.2, 0.25) is 0 Å². The van der Waals surface area contributed by atoms with Crippen LogP contribution in [0.15, 0.2) is 71.6 Å². The molecule has 0 aliphatic heterocycles. The van der Waals surface area contributed by atoms with Crippen molar-refractivity contribution in [2.45, 2.75) is 31.1 Å². The van der Waals surface area contributed by atoms with Gasteiger partial charge in [-0.1, -0.05) is 49.2 Å². The molecule has 0 aliphatic rings. The number of hydrogen-bond acceptors (Lipinski definition) is 3. The highest BCUT2D eigenvalue weighted by molar-refractivity contribution is 7.92. The van der Waals surface area contributed by atoms with E-state index in [0.29, 0.717) is 26.8 Å². The average Bonchev–Trinajstić information content (AvgIpc) is 2.73. The molecule has 3 aromatic carbocycles. The smallest absolute Gasteiger partial charge is 0.261 e. The molecular weight excluding hydrogens is 485 g/mol. The van der Waals surface area contributed by atoms with E-state index in [1.54, 1.807) is 12.1 Å². The van der Waals surface area contributed by atoms with Crippen LogP contribution >= 0.6 is 35.4 Å². The quantitative estimate of drug-likeness (QED) is 0.297. The topological polar surface area (TPSA) is 70.2 Å². The molecule has 0 fully saturated rings. The van der Waals surface area contributed by atoms with Crippen molar-refractivity contribution in [2.75, 3.05) is 15.4 Å². The Morgan fingerprint density at radius 3 is 1.88 bits per heavy atom. The zero-order chi connectivity index (χ0) is 23.3. The molecule has 32 heavy (non-hydrogen) atoms. The number of halogens is 2. The van der Waals surface area contributed by atoms with Crippen molar-refractivity contribution in [1.29, 1.82) is 0 Å². The van der Waals surface area contributed by atoms with Crippen LogP contribution in [0.2, 0.25) is 10.0 Å². The van der Waals surface area contributed by atoms with Gasteiger partial charge >= 0.3 is 0 Å². The summed E-state index contributed by atoms with van der Waals surface area (Å²) in [5.41, 5.74) is 3.10. The van der Waals surface area contributed by atoms with Gasteiger partial charge in [0.25, 0.3) is 10.0 Å². The van der Waals surface area contributed by atoms with Crippen molar-refractivity contribution in [3.05, 3.63) is 82.3 Å². The van der Waals surface area contributed by atoms with Crippen molar-refractivity contribution in [3.8, 4) is 0 Å². The van der Waals surface area contributed by atoms with Crippen LogP contribution in [0.25, 0.3) is 0 Å². The Kier molecular flexibility index (Phi) is 8.00. The lowest BCUT2D eigenvalue weighted by Crippen LogP contribution is -2.19. The summed E-state index contributed by atoms with van der Waals surface area (Å²) < 4.78 is 27.8. The highest BCUT2D eigenvalue weighted by Gasteiger charge is 2.15. The van der Waals surface area contributed by atoms with Crippen LogP contribution < -0.4 is 15.4 Å². The van der Waals surface area contributed by atoms with E-state index < -0.39 is 10.0 Å². The number of rotatable bonds is 7. The first-order valence-corrected chi connectivity index (χ1v) is 12.6. The van der Waals surface area contributed by atoms with Crippen LogP contribution in [-0.4, -0.2) is 13.5 Å². The minimum absolute atomic E-state index is 0.0960. The minimum Gasteiger partial charge on any atom is -0.332 e. The second-order valence-electron chi connectivity index (χ2n) is 7.30. The minimum atomic E-state index is -3.80. The standard InChI is InChI=1S/C23H23Cl2N3O2S2/c1-3-15(2)16-4-6-19(7-5-16)26-23(31)27-20-8-10-22(11-9-20)32(29,30)28-21-13-17(24)12-18(25)14-21/h4-15,28H,3H2,1-2H3,(H2,26,27,31). The zero-order valence-corrected chi connectivity index (χ0v) is 20.7. The van der Waals surface area contributed by atoms with Gasteiger partial charge in [-0.3, -0.25) is 4.72 Å². The molecule has 5 nitrogen and oxygen atoms in total. The molecule has 168 valence electrons. The fraction of sp³-hybridized carbons (Fsp3) is 0.174. The predicted octanol–water partition coefficient (Wildman–Crippen LogP) is 7.12. The van der Waals surface area contributed by atoms with Crippen molar-refractivity contribution in [3.63, 3.8) is 0 Å². The van der Waals surface area contributed by atoms with Gasteiger partial charge in [-0.15, -0.1) is 0 Å². The number of nitrogens with one attached hydrogen (secondary N) is 3. The Morgan fingerprint density at radius 1 is 0.875 bits per heavy atom. The van der Waals surface area contributed by atoms with E-state index in [0.717, 1.165) is 12.1 Å². The molecule has 0 heterocycles. The fourth-order valence-electron chi connectivity index (χ4n) is 2.97. The Labute approximate surface area is 204 Å². The third-order valence-electron chi connectivity index (χ3n) is 4.89. The van der Waals surface area contributed by atoms with Gasteiger partial charge in [0.05, 0.1) is 10.6 Å². The number of thiocarbonyl (C=S) groups is 1.